The van der Waals surface area contributed by atoms with Gasteiger partial charge in [-0.05, 0) is 56.6 Å². The Labute approximate surface area is 170 Å². The summed E-state index contributed by atoms with van der Waals surface area (Å²) < 4.78 is 1.94. The molecule has 4 nitrogen and oxygen atoms in total. The van der Waals surface area contributed by atoms with Crippen LogP contribution in [0.1, 0.15) is 49.1 Å². The molecule has 2 N–H and O–H groups in total. The third-order valence-electron chi connectivity index (χ3n) is 4.90. The van der Waals surface area contributed by atoms with Gasteiger partial charge in [0.25, 0.3) is 0 Å². The van der Waals surface area contributed by atoms with Crippen molar-refractivity contribution in [3.8, 4) is 0 Å². The van der Waals surface area contributed by atoms with Crippen LogP contribution in [0.3, 0.4) is 0 Å². The Hall–Kier alpha value is -1.30. The van der Waals surface area contributed by atoms with E-state index in [9.17, 15) is 0 Å². The molecule has 0 spiro atoms. The molecular formula is C19H24Cl2N4S. The minimum atomic E-state index is 0.479. The maximum absolute atomic E-state index is 6.30. The van der Waals surface area contributed by atoms with Crippen LogP contribution < -0.4 is 10.6 Å². The molecule has 3 rings (SSSR count). The van der Waals surface area contributed by atoms with Crippen molar-refractivity contribution >= 4 is 46.2 Å². The topological polar surface area (TPSA) is 41.9 Å². The normalized spacial score (nSPS) is 15.1. The molecule has 2 aromatic rings. The smallest absolute Gasteiger partial charge is 0.171 e. The summed E-state index contributed by atoms with van der Waals surface area (Å²) in [4.78, 5) is 0. The third-order valence-corrected chi connectivity index (χ3v) is 5.70. The zero-order chi connectivity index (χ0) is 18.7. The van der Waals surface area contributed by atoms with E-state index in [4.69, 9.17) is 35.4 Å². The van der Waals surface area contributed by atoms with Gasteiger partial charge >= 0.3 is 0 Å². The standard InChI is InChI=1S/C19H24Cl2N4S/c1-12-18(23-19(26)22-16-6-4-3-5-7-16)13(2)25(24-12)11-14-8-9-15(20)10-17(14)21/h8-10,16H,3-7,11H2,1-2H3,(H2,22,23,26). The molecule has 0 aliphatic heterocycles. The van der Waals surface area contributed by atoms with Gasteiger partial charge in [0.15, 0.2) is 5.11 Å². The summed E-state index contributed by atoms with van der Waals surface area (Å²) in [6, 6.07) is 6.01. The predicted molar refractivity (Wildman–Crippen MR) is 113 cm³/mol. The van der Waals surface area contributed by atoms with Gasteiger partial charge in [-0.1, -0.05) is 48.5 Å². The van der Waals surface area contributed by atoms with Crippen LogP contribution in [0.4, 0.5) is 5.69 Å². The van der Waals surface area contributed by atoms with E-state index in [-0.39, 0.29) is 0 Å². The van der Waals surface area contributed by atoms with Gasteiger partial charge in [-0.15, -0.1) is 0 Å². The highest BCUT2D eigenvalue weighted by molar-refractivity contribution is 7.80. The molecule has 1 saturated carbocycles. The van der Waals surface area contributed by atoms with E-state index in [0.717, 1.165) is 22.6 Å². The van der Waals surface area contributed by atoms with Crippen LogP contribution in [0, 0.1) is 13.8 Å². The van der Waals surface area contributed by atoms with Crippen molar-refractivity contribution in [2.75, 3.05) is 5.32 Å². The number of aromatic nitrogens is 2. The molecule has 0 atom stereocenters. The van der Waals surface area contributed by atoms with Gasteiger partial charge in [0, 0.05) is 16.1 Å². The lowest BCUT2D eigenvalue weighted by molar-refractivity contribution is 0.415. The molecule has 1 heterocycles. The minimum absolute atomic E-state index is 0.479. The van der Waals surface area contributed by atoms with Crippen LogP contribution in [0.25, 0.3) is 0 Å². The number of hydrogen-bond donors (Lipinski definition) is 2. The molecule has 0 unspecified atom stereocenters. The van der Waals surface area contributed by atoms with E-state index in [2.05, 4.69) is 15.7 Å². The molecule has 0 radical (unpaired) electrons. The first-order valence-electron chi connectivity index (χ1n) is 8.99. The van der Waals surface area contributed by atoms with Crippen molar-refractivity contribution in [1.82, 2.24) is 15.1 Å². The zero-order valence-corrected chi connectivity index (χ0v) is 17.4. The minimum Gasteiger partial charge on any atom is -0.360 e. The van der Waals surface area contributed by atoms with E-state index in [1.165, 1.54) is 32.1 Å². The second-order valence-corrected chi connectivity index (χ2v) is 8.12. The van der Waals surface area contributed by atoms with E-state index in [1.807, 2.05) is 30.7 Å². The fraction of sp³-hybridized carbons (Fsp3) is 0.474. The second kappa shape index (κ2) is 8.59. The summed E-state index contributed by atoms with van der Waals surface area (Å²) in [6.07, 6.45) is 6.26. The van der Waals surface area contributed by atoms with Crippen LogP contribution in [0.5, 0.6) is 0 Å². The fourth-order valence-corrected chi connectivity index (χ4v) is 4.16. The van der Waals surface area contributed by atoms with E-state index in [0.29, 0.717) is 27.7 Å². The second-order valence-electron chi connectivity index (χ2n) is 6.87. The van der Waals surface area contributed by atoms with Crippen LogP contribution in [0.15, 0.2) is 18.2 Å². The van der Waals surface area contributed by atoms with Crippen molar-refractivity contribution in [2.45, 2.75) is 58.5 Å². The van der Waals surface area contributed by atoms with Crippen LogP contribution in [0.2, 0.25) is 10.0 Å². The Morgan fingerprint density at radius 2 is 1.96 bits per heavy atom. The van der Waals surface area contributed by atoms with Crippen LogP contribution >= 0.6 is 35.4 Å². The van der Waals surface area contributed by atoms with Gasteiger partial charge in [-0.2, -0.15) is 5.10 Å². The van der Waals surface area contributed by atoms with Crippen molar-refractivity contribution in [2.24, 2.45) is 0 Å². The van der Waals surface area contributed by atoms with Crippen molar-refractivity contribution in [3.05, 3.63) is 45.2 Å². The van der Waals surface area contributed by atoms with Gasteiger partial charge in [-0.25, -0.2) is 0 Å². The average Bonchev–Trinajstić information content (AvgIpc) is 2.86. The highest BCUT2D eigenvalue weighted by Crippen LogP contribution is 2.25. The van der Waals surface area contributed by atoms with Crippen molar-refractivity contribution in [3.63, 3.8) is 0 Å². The van der Waals surface area contributed by atoms with Gasteiger partial charge < -0.3 is 10.6 Å². The predicted octanol–water partition coefficient (Wildman–Crippen LogP) is 5.47. The summed E-state index contributed by atoms with van der Waals surface area (Å²) in [5.74, 6) is 0. The summed E-state index contributed by atoms with van der Waals surface area (Å²) in [5, 5.41) is 13.4. The molecule has 140 valence electrons. The molecule has 0 bridgehead atoms. The molecule has 1 aliphatic carbocycles. The van der Waals surface area contributed by atoms with E-state index in [1.54, 1.807) is 6.07 Å². The summed E-state index contributed by atoms with van der Waals surface area (Å²) in [6.45, 7) is 4.61. The molecule has 1 fully saturated rings. The number of thiocarbonyl (C=S) groups is 1. The Balaban J connectivity index is 1.70. The molecule has 0 amide bonds. The molecule has 26 heavy (non-hydrogen) atoms. The molecule has 1 aromatic carbocycles. The maximum Gasteiger partial charge on any atom is 0.171 e. The van der Waals surface area contributed by atoms with Crippen LogP contribution in [-0.4, -0.2) is 20.9 Å². The number of rotatable bonds is 4. The highest BCUT2D eigenvalue weighted by Gasteiger charge is 2.17. The molecular weight excluding hydrogens is 387 g/mol. The number of halogens is 2. The molecule has 0 saturated heterocycles. The summed E-state index contributed by atoms with van der Waals surface area (Å²) in [5.41, 5.74) is 3.89. The number of hydrogen-bond acceptors (Lipinski definition) is 2. The summed E-state index contributed by atoms with van der Waals surface area (Å²) >= 11 is 17.8. The van der Waals surface area contributed by atoms with Gasteiger partial charge in [-0.3, -0.25) is 4.68 Å². The molecule has 1 aromatic heterocycles. The van der Waals surface area contributed by atoms with Crippen LogP contribution in [-0.2, 0) is 6.54 Å². The Kier molecular flexibility index (Phi) is 6.43. The Bertz CT molecular complexity index is 797. The lowest BCUT2D eigenvalue weighted by Crippen LogP contribution is -2.39. The first-order chi connectivity index (χ1) is 12.4. The Morgan fingerprint density at radius 1 is 1.23 bits per heavy atom. The maximum atomic E-state index is 6.30. The monoisotopic (exact) mass is 410 g/mol. The van der Waals surface area contributed by atoms with E-state index < -0.39 is 0 Å². The van der Waals surface area contributed by atoms with Gasteiger partial charge in [0.2, 0.25) is 0 Å². The highest BCUT2D eigenvalue weighted by atomic mass is 35.5. The fourth-order valence-electron chi connectivity index (χ4n) is 3.42. The molecule has 7 heteroatoms. The number of benzene rings is 1. The first kappa shape index (κ1) is 19.5. The average molecular weight is 411 g/mol. The number of anilines is 1. The van der Waals surface area contributed by atoms with Crippen molar-refractivity contribution in [1.29, 1.82) is 0 Å². The largest absolute Gasteiger partial charge is 0.360 e. The first-order valence-corrected chi connectivity index (χ1v) is 10.2. The van der Waals surface area contributed by atoms with Gasteiger partial charge in [0.05, 0.1) is 23.6 Å². The lowest BCUT2D eigenvalue weighted by Gasteiger charge is -2.24. The lowest BCUT2D eigenvalue weighted by atomic mass is 9.96. The summed E-state index contributed by atoms with van der Waals surface area (Å²) in [7, 11) is 0. The quantitative estimate of drug-likeness (QED) is 0.655. The number of nitrogens with zero attached hydrogens (tertiary/aromatic N) is 2. The van der Waals surface area contributed by atoms with Gasteiger partial charge in [0.1, 0.15) is 0 Å². The van der Waals surface area contributed by atoms with Crippen molar-refractivity contribution < 1.29 is 0 Å². The number of aryl methyl sites for hydroxylation is 1. The zero-order valence-electron chi connectivity index (χ0n) is 15.1. The third kappa shape index (κ3) is 4.70. The number of nitrogens with one attached hydrogen (secondary N) is 2. The van der Waals surface area contributed by atoms with E-state index >= 15 is 0 Å². The SMILES string of the molecule is Cc1nn(Cc2ccc(Cl)cc2Cl)c(C)c1NC(=S)NC1CCCCC1. The molecule has 1 aliphatic rings. The Morgan fingerprint density at radius 3 is 2.65 bits per heavy atom.